The molecule has 8 heteroatoms. The van der Waals surface area contributed by atoms with Crippen LogP contribution in [0.2, 0.25) is 0 Å². The molecule has 0 aliphatic heterocycles. The van der Waals surface area contributed by atoms with Crippen molar-refractivity contribution in [3.05, 3.63) is 131 Å². The molecule has 0 saturated heterocycles. The minimum absolute atomic E-state index is 0.0235. The Kier molecular flexibility index (Phi) is 7.66. The standard InChI is InChI=1S/C33H26F3NO4/c1-21-9-12-25-6-2-3-8-28(25)31(21)32(40)37(20-27-15-16-29(41-27)33(34,35)36)19-22-10-13-24(14-11-22)26-7-4-5-23(17-26)18-30(38)39/h2-17H,18-20H2,1H3,(H,38,39). The maximum atomic E-state index is 14.0. The second-order valence-electron chi connectivity index (χ2n) is 9.87. The van der Waals surface area contributed by atoms with Gasteiger partial charge in [-0.25, -0.2) is 0 Å². The van der Waals surface area contributed by atoms with E-state index in [1.165, 1.54) is 11.0 Å². The highest BCUT2D eigenvalue weighted by Crippen LogP contribution is 2.32. The molecule has 4 aromatic carbocycles. The van der Waals surface area contributed by atoms with E-state index >= 15 is 0 Å². The molecule has 0 atom stereocenters. The Morgan fingerprint density at radius 3 is 2.27 bits per heavy atom. The van der Waals surface area contributed by atoms with E-state index in [9.17, 15) is 22.8 Å². The molecule has 0 fully saturated rings. The van der Waals surface area contributed by atoms with Crippen LogP contribution in [0.3, 0.4) is 0 Å². The monoisotopic (exact) mass is 557 g/mol. The molecule has 41 heavy (non-hydrogen) atoms. The number of furan rings is 1. The maximum absolute atomic E-state index is 14.0. The lowest BCUT2D eigenvalue weighted by Gasteiger charge is -2.24. The first kappa shape index (κ1) is 27.7. The van der Waals surface area contributed by atoms with Crippen LogP contribution in [0.1, 0.15) is 38.6 Å². The number of aliphatic carboxylic acids is 1. The minimum Gasteiger partial charge on any atom is -0.481 e. The Balaban J connectivity index is 1.47. The van der Waals surface area contributed by atoms with Gasteiger partial charge in [0.2, 0.25) is 5.76 Å². The number of halogens is 3. The van der Waals surface area contributed by atoms with Crippen molar-refractivity contribution in [1.82, 2.24) is 4.90 Å². The number of amides is 1. The van der Waals surface area contributed by atoms with Crippen molar-refractivity contribution in [3.8, 4) is 11.1 Å². The number of rotatable bonds is 8. The predicted molar refractivity (Wildman–Crippen MR) is 149 cm³/mol. The molecule has 1 N–H and O–H groups in total. The van der Waals surface area contributed by atoms with Crippen LogP contribution in [0, 0.1) is 6.92 Å². The molecule has 0 bridgehead atoms. The van der Waals surface area contributed by atoms with Gasteiger partial charge in [-0.1, -0.05) is 84.9 Å². The molecule has 5 aromatic rings. The van der Waals surface area contributed by atoms with Gasteiger partial charge in [-0.2, -0.15) is 13.2 Å². The Bertz CT molecular complexity index is 1720. The van der Waals surface area contributed by atoms with E-state index in [2.05, 4.69) is 0 Å². The molecule has 1 heterocycles. The summed E-state index contributed by atoms with van der Waals surface area (Å²) < 4.78 is 44.7. The molecule has 0 spiro atoms. The number of hydrogen-bond donors (Lipinski definition) is 1. The first-order valence-corrected chi connectivity index (χ1v) is 12.9. The van der Waals surface area contributed by atoms with Gasteiger partial charge >= 0.3 is 12.1 Å². The lowest BCUT2D eigenvalue weighted by atomic mass is 9.98. The smallest absolute Gasteiger partial charge is 0.449 e. The van der Waals surface area contributed by atoms with Gasteiger partial charge in [0.05, 0.1) is 18.5 Å². The predicted octanol–water partition coefficient (Wildman–Crippen LogP) is 7.90. The van der Waals surface area contributed by atoms with Crippen molar-refractivity contribution < 1.29 is 32.3 Å². The van der Waals surface area contributed by atoms with Crippen LogP contribution in [0.15, 0.2) is 101 Å². The molecule has 1 amide bonds. The van der Waals surface area contributed by atoms with E-state index in [1.54, 1.807) is 12.1 Å². The van der Waals surface area contributed by atoms with E-state index in [0.717, 1.165) is 39.1 Å². The van der Waals surface area contributed by atoms with E-state index < -0.39 is 17.9 Å². The number of carbonyl (C=O) groups is 2. The van der Waals surface area contributed by atoms with E-state index in [-0.39, 0.29) is 31.2 Å². The fraction of sp³-hybridized carbons (Fsp3) is 0.152. The summed E-state index contributed by atoms with van der Waals surface area (Å²) in [6.45, 7) is 1.80. The van der Waals surface area contributed by atoms with Crippen LogP contribution < -0.4 is 0 Å². The molecule has 0 aliphatic carbocycles. The second-order valence-corrected chi connectivity index (χ2v) is 9.87. The van der Waals surface area contributed by atoms with Crippen LogP contribution in [0.5, 0.6) is 0 Å². The first-order valence-electron chi connectivity index (χ1n) is 12.9. The van der Waals surface area contributed by atoms with Gasteiger partial charge in [0.15, 0.2) is 0 Å². The molecular weight excluding hydrogens is 531 g/mol. The van der Waals surface area contributed by atoms with Crippen molar-refractivity contribution in [3.63, 3.8) is 0 Å². The Morgan fingerprint density at radius 1 is 0.805 bits per heavy atom. The van der Waals surface area contributed by atoms with Gasteiger partial charge < -0.3 is 14.4 Å². The summed E-state index contributed by atoms with van der Waals surface area (Å²) in [4.78, 5) is 26.6. The third kappa shape index (κ3) is 6.32. The second kappa shape index (κ2) is 11.3. The zero-order valence-electron chi connectivity index (χ0n) is 22.1. The Labute approximate surface area is 234 Å². The summed E-state index contributed by atoms with van der Waals surface area (Å²) in [7, 11) is 0. The van der Waals surface area contributed by atoms with E-state index in [0.29, 0.717) is 11.1 Å². The summed E-state index contributed by atoms with van der Waals surface area (Å²) in [5, 5.41) is 10.7. The lowest BCUT2D eigenvalue weighted by molar-refractivity contribution is -0.153. The van der Waals surface area contributed by atoms with Crippen molar-refractivity contribution in [2.75, 3.05) is 0 Å². The summed E-state index contributed by atoms with van der Waals surface area (Å²) in [6, 6.07) is 28.1. The van der Waals surface area contributed by atoms with Gasteiger partial charge in [-0.15, -0.1) is 0 Å². The van der Waals surface area contributed by atoms with Gasteiger partial charge in [0, 0.05) is 6.54 Å². The molecule has 5 rings (SSSR count). The molecule has 0 saturated carbocycles. The molecule has 5 nitrogen and oxygen atoms in total. The van der Waals surface area contributed by atoms with Crippen molar-refractivity contribution in [2.45, 2.75) is 32.6 Å². The van der Waals surface area contributed by atoms with E-state index in [4.69, 9.17) is 9.52 Å². The van der Waals surface area contributed by atoms with Gasteiger partial charge in [0.1, 0.15) is 5.76 Å². The molecule has 0 aliphatic rings. The highest BCUT2D eigenvalue weighted by Gasteiger charge is 2.35. The van der Waals surface area contributed by atoms with Crippen LogP contribution >= 0.6 is 0 Å². The molecule has 0 unspecified atom stereocenters. The fourth-order valence-electron chi connectivity index (χ4n) is 4.88. The third-order valence-electron chi connectivity index (χ3n) is 6.87. The quantitative estimate of drug-likeness (QED) is 0.211. The van der Waals surface area contributed by atoms with Gasteiger partial charge in [-0.05, 0) is 57.6 Å². The molecule has 0 radical (unpaired) electrons. The van der Waals surface area contributed by atoms with Crippen LogP contribution in [-0.2, 0) is 30.5 Å². The summed E-state index contributed by atoms with van der Waals surface area (Å²) in [5.41, 5.74) is 4.40. The fourth-order valence-corrected chi connectivity index (χ4v) is 4.88. The van der Waals surface area contributed by atoms with Gasteiger partial charge in [-0.3, -0.25) is 9.59 Å². The summed E-state index contributed by atoms with van der Waals surface area (Å²) in [5.74, 6) is -2.33. The number of carbonyl (C=O) groups excluding carboxylic acids is 1. The minimum atomic E-state index is -4.63. The molecular formula is C33H26F3NO4. The zero-order chi connectivity index (χ0) is 29.1. The maximum Gasteiger partial charge on any atom is 0.449 e. The molecule has 208 valence electrons. The number of alkyl halides is 3. The Morgan fingerprint density at radius 2 is 1.56 bits per heavy atom. The number of hydrogen-bond acceptors (Lipinski definition) is 3. The highest BCUT2D eigenvalue weighted by atomic mass is 19.4. The zero-order valence-corrected chi connectivity index (χ0v) is 22.1. The van der Waals surface area contributed by atoms with Gasteiger partial charge in [0.25, 0.3) is 5.91 Å². The van der Waals surface area contributed by atoms with Crippen LogP contribution in [0.4, 0.5) is 13.2 Å². The average Bonchev–Trinajstić information content (AvgIpc) is 3.42. The SMILES string of the molecule is Cc1ccc2ccccc2c1C(=O)N(Cc1ccc(-c2cccc(CC(=O)O)c2)cc1)Cc1ccc(C(F)(F)F)o1. The Hall–Kier alpha value is -4.85. The normalized spacial score (nSPS) is 11.5. The van der Waals surface area contributed by atoms with Crippen molar-refractivity contribution in [1.29, 1.82) is 0 Å². The number of nitrogens with zero attached hydrogens (tertiary/aromatic N) is 1. The van der Waals surface area contributed by atoms with Crippen molar-refractivity contribution in [2.24, 2.45) is 0 Å². The third-order valence-corrected chi connectivity index (χ3v) is 6.87. The number of carboxylic acid groups (broad SMARTS) is 1. The number of carboxylic acids is 1. The highest BCUT2D eigenvalue weighted by molar-refractivity contribution is 6.08. The molecule has 1 aromatic heterocycles. The average molecular weight is 558 g/mol. The number of fused-ring (bicyclic) bond motifs is 1. The number of aryl methyl sites for hydroxylation is 1. The topological polar surface area (TPSA) is 70.8 Å². The van der Waals surface area contributed by atoms with E-state index in [1.807, 2.05) is 79.7 Å². The largest absolute Gasteiger partial charge is 0.481 e. The summed E-state index contributed by atoms with van der Waals surface area (Å²) >= 11 is 0. The first-order chi connectivity index (χ1) is 19.6. The number of benzene rings is 4. The van der Waals surface area contributed by atoms with Crippen LogP contribution in [0.25, 0.3) is 21.9 Å². The lowest BCUT2D eigenvalue weighted by Crippen LogP contribution is -2.30. The van der Waals surface area contributed by atoms with Crippen LogP contribution in [-0.4, -0.2) is 21.9 Å². The van der Waals surface area contributed by atoms with Crippen molar-refractivity contribution >= 4 is 22.6 Å². The summed E-state index contributed by atoms with van der Waals surface area (Å²) in [6.07, 6.45) is -4.71.